The van der Waals surface area contributed by atoms with Crippen molar-refractivity contribution in [3.8, 4) is 0 Å². The highest BCUT2D eigenvalue weighted by atomic mass is 16.2. The monoisotopic (exact) mass is 209 g/mol. The van der Waals surface area contributed by atoms with E-state index >= 15 is 0 Å². The summed E-state index contributed by atoms with van der Waals surface area (Å²) in [4.78, 5) is 14.2. The first-order chi connectivity index (χ1) is 6.93. The van der Waals surface area contributed by atoms with Crippen LogP contribution in [0.5, 0.6) is 0 Å². The molecule has 86 valence electrons. The van der Waals surface area contributed by atoms with Crippen molar-refractivity contribution < 1.29 is 4.79 Å². The van der Waals surface area contributed by atoms with Gasteiger partial charge in [0, 0.05) is 19.0 Å². The maximum atomic E-state index is 12.1. The summed E-state index contributed by atoms with van der Waals surface area (Å²) in [5.41, 5.74) is 0.223. The summed E-state index contributed by atoms with van der Waals surface area (Å²) in [6.45, 7) is 6.79. The fourth-order valence-electron chi connectivity index (χ4n) is 3.75. The van der Waals surface area contributed by atoms with E-state index in [0.29, 0.717) is 23.8 Å². The second-order valence-electron chi connectivity index (χ2n) is 6.31. The minimum atomic E-state index is 0.223. The quantitative estimate of drug-likeness (QED) is 0.600. The Bertz CT molecular complexity index is 266. The average molecular weight is 209 g/mol. The fourth-order valence-corrected chi connectivity index (χ4v) is 3.75. The van der Waals surface area contributed by atoms with Gasteiger partial charge in [0.2, 0.25) is 5.91 Å². The van der Waals surface area contributed by atoms with E-state index in [1.807, 2.05) is 11.9 Å². The van der Waals surface area contributed by atoms with Crippen molar-refractivity contribution in [2.24, 2.45) is 17.3 Å². The molecule has 3 unspecified atom stereocenters. The Labute approximate surface area is 93.0 Å². The molecule has 0 N–H and O–H groups in total. The Morgan fingerprint density at radius 2 is 1.80 bits per heavy atom. The molecule has 0 aromatic carbocycles. The lowest BCUT2D eigenvalue weighted by molar-refractivity contribution is -0.132. The summed E-state index contributed by atoms with van der Waals surface area (Å²) in [6, 6.07) is 0.454. The van der Waals surface area contributed by atoms with Crippen molar-refractivity contribution in [3.05, 3.63) is 0 Å². The highest BCUT2D eigenvalue weighted by Crippen LogP contribution is 2.46. The van der Waals surface area contributed by atoms with Gasteiger partial charge >= 0.3 is 0 Å². The van der Waals surface area contributed by atoms with Crippen molar-refractivity contribution in [3.63, 3.8) is 0 Å². The van der Waals surface area contributed by atoms with Crippen LogP contribution in [0.4, 0.5) is 0 Å². The molecule has 2 heteroatoms. The Morgan fingerprint density at radius 3 is 2.40 bits per heavy atom. The second-order valence-corrected chi connectivity index (χ2v) is 6.31. The SMILES string of the molecule is CN1C(=O)C2CCCCC2C1C(C)(C)C. The summed E-state index contributed by atoms with van der Waals surface area (Å²) in [5, 5.41) is 0. The molecule has 2 fully saturated rings. The van der Waals surface area contributed by atoms with Gasteiger partial charge in [-0.05, 0) is 24.2 Å². The highest BCUT2D eigenvalue weighted by Gasteiger charge is 2.50. The number of nitrogens with zero attached hydrogens (tertiary/aromatic N) is 1. The van der Waals surface area contributed by atoms with Crippen LogP contribution < -0.4 is 0 Å². The molecule has 1 saturated heterocycles. The Kier molecular flexibility index (Phi) is 2.56. The Balaban J connectivity index is 2.27. The smallest absolute Gasteiger partial charge is 0.226 e. The number of fused-ring (bicyclic) bond motifs is 1. The summed E-state index contributed by atoms with van der Waals surface area (Å²) in [6.07, 6.45) is 4.94. The van der Waals surface area contributed by atoms with E-state index in [-0.39, 0.29) is 5.41 Å². The van der Waals surface area contributed by atoms with Gasteiger partial charge in [-0.2, -0.15) is 0 Å². The van der Waals surface area contributed by atoms with Crippen LogP contribution in [0.3, 0.4) is 0 Å². The molecule has 0 bridgehead atoms. The number of amides is 1. The van der Waals surface area contributed by atoms with Crippen molar-refractivity contribution >= 4 is 5.91 Å². The molecule has 2 rings (SSSR count). The summed E-state index contributed by atoms with van der Waals surface area (Å²) >= 11 is 0. The van der Waals surface area contributed by atoms with Gasteiger partial charge in [-0.3, -0.25) is 4.79 Å². The zero-order chi connectivity index (χ0) is 11.2. The molecule has 2 nitrogen and oxygen atoms in total. The van der Waals surface area contributed by atoms with Gasteiger partial charge in [0.05, 0.1) is 0 Å². The van der Waals surface area contributed by atoms with Crippen LogP contribution in [0.25, 0.3) is 0 Å². The molecule has 1 aliphatic heterocycles. The van der Waals surface area contributed by atoms with Crippen LogP contribution in [-0.4, -0.2) is 23.9 Å². The van der Waals surface area contributed by atoms with Crippen molar-refractivity contribution in [2.75, 3.05) is 7.05 Å². The third-order valence-electron chi connectivity index (χ3n) is 4.19. The molecule has 2 aliphatic rings. The number of carbonyl (C=O) groups excluding carboxylic acids is 1. The topological polar surface area (TPSA) is 20.3 Å². The van der Waals surface area contributed by atoms with Crippen LogP contribution in [-0.2, 0) is 4.79 Å². The third kappa shape index (κ3) is 1.68. The van der Waals surface area contributed by atoms with E-state index in [0.717, 1.165) is 6.42 Å². The van der Waals surface area contributed by atoms with Crippen LogP contribution in [0.15, 0.2) is 0 Å². The zero-order valence-electron chi connectivity index (χ0n) is 10.4. The standard InChI is InChI=1S/C13H23NO/c1-13(2,3)11-9-7-5-6-8-10(9)12(15)14(11)4/h9-11H,5-8H2,1-4H3. The lowest BCUT2D eigenvalue weighted by Crippen LogP contribution is -2.42. The van der Waals surface area contributed by atoms with E-state index in [1.54, 1.807) is 0 Å². The lowest BCUT2D eigenvalue weighted by atomic mass is 9.71. The van der Waals surface area contributed by atoms with Crippen LogP contribution in [0, 0.1) is 17.3 Å². The van der Waals surface area contributed by atoms with E-state index in [2.05, 4.69) is 20.8 Å². The van der Waals surface area contributed by atoms with Crippen LogP contribution in [0.2, 0.25) is 0 Å². The fraction of sp³-hybridized carbons (Fsp3) is 0.923. The third-order valence-corrected chi connectivity index (χ3v) is 4.19. The zero-order valence-corrected chi connectivity index (χ0v) is 10.4. The van der Waals surface area contributed by atoms with Gasteiger partial charge in [0.25, 0.3) is 0 Å². The van der Waals surface area contributed by atoms with E-state index in [1.165, 1.54) is 19.3 Å². The molecule has 0 aromatic heterocycles. The number of carbonyl (C=O) groups is 1. The van der Waals surface area contributed by atoms with Gasteiger partial charge in [-0.15, -0.1) is 0 Å². The maximum absolute atomic E-state index is 12.1. The Morgan fingerprint density at radius 1 is 1.20 bits per heavy atom. The molecule has 0 radical (unpaired) electrons. The van der Waals surface area contributed by atoms with Gasteiger partial charge in [0.1, 0.15) is 0 Å². The number of hydrogen-bond donors (Lipinski definition) is 0. The first kappa shape index (κ1) is 11.0. The molecule has 1 heterocycles. The minimum Gasteiger partial charge on any atom is -0.342 e. The molecule has 0 spiro atoms. The minimum absolute atomic E-state index is 0.223. The predicted octanol–water partition coefficient (Wildman–Crippen LogP) is 2.68. The van der Waals surface area contributed by atoms with Crippen molar-refractivity contribution in [1.29, 1.82) is 0 Å². The summed E-state index contributed by atoms with van der Waals surface area (Å²) < 4.78 is 0. The van der Waals surface area contributed by atoms with Gasteiger partial charge < -0.3 is 4.90 Å². The normalized spacial score (nSPS) is 36.9. The van der Waals surface area contributed by atoms with Gasteiger partial charge in [-0.25, -0.2) is 0 Å². The van der Waals surface area contributed by atoms with Gasteiger partial charge in [0.15, 0.2) is 0 Å². The highest BCUT2D eigenvalue weighted by molar-refractivity contribution is 5.82. The lowest BCUT2D eigenvalue weighted by Gasteiger charge is -2.38. The van der Waals surface area contributed by atoms with Crippen LogP contribution >= 0.6 is 0 Å². The van der Waals surface area contributed by atoms with E-state index in [4.69, 9.17) is 0 Å². The molecular formula is C13H23NO. The molecule has 0 aromatic rings. The average Bonchev–Trinajstić information content (AvgIpc) is 2.39. The van der Waals surface area contributed by atoms with Crippen molar-refractivity contribution in [2.45, 2.75) is 52.5 Å². The largest absolute Gasteiger partial charge is 0.342 e. The number of rotatable bonds is 0. The molecule has 3 atom stereocenters. The predicted molar refractivity (Wildman–Crippen MR) is 61.5 cm³/mol. The number of hydrogen-bond acceptors (Lipinski definition) is 1. The van der Waals surface area contributed by atoms with Crippen molar-refractivity contribution in [1.82, 2.24) is 4.90 Å². The molecule has 1 aliphatic carbocycles. The second kappa shape index (κ2) is 3.50. The van der Waals surface area contributed by atoms with E-state index < -0.39 is 0 Å². The first-order valence-corrected chi connectivity index (χ1v) is 6.19. The molecular weight excluding hydrogens is 186 g/mol. The maximum Gasteiger partial charge on any atom is 0.226 e. The van der Waals surface area contributed by atoms with Gasteiger partial charge in [-0.1, -0.05) is 33.6 Å². The molecule has 1 saturated carbocycles. The Hall–Kier alpha value is -0.530. The molecule has 15 heavy (non-hydrogen) atoms. The first-order valence-electron chi connectivity index (χ1n) is 6.19. The van der Waals surface area contributed by atoms with Crippen LogP contribution in [0.1, 0.15) is 46.5 Å². The number of likely N-dealkylation sites (tertiary alicyclic amines) is 1. The molecule has 1 amide bonds. The van der Waals surface area contributed by atoms with E-state index in [9.17, 15) is 4.79 Å². The summed E-state index contributed by atoms with van der Waals surface area (Å²) in [5.74, 6) is 1.36. The summed E-state index contributed by atoms with van der Waals surface area (Å²) in [7, 11) is 2.00.